The van der Waals surface area contributed by atoms with E-state index in [2.05, 4.69) is 22.9 Å². The van der Waals surface area contributed by atoms with Crippen molar-refractivity contribution in [1.29, 1.82) is 0 Å². The Morgan fingerprint density at radius 2 is 2.39 bits per heavy atom. The van der Waals surface area contributed by atoms with Gasteiger partial charge in [0.05, 0.1) is 18.3 Å². The van der Waals surface area contributed by atoms with Crippen molar-refractivity contribution < 1.29 is 9.53 Å². The van der Waals surface area contributed by atoms with Gasteiger partial charge in [-0.3, -0.25) is 9.78 Å². The van der Waals surface area contributed by atoms with Crippen LogP contribution in [0, 0.1) is 0 Å². The fourth-order valence-electron chi connectivity index (χ4n) is 1.69. The molecule has 5 heteroatoms. The molecule has 2 rings (SSSR count). The monoisotopic (exact) mass is 266 g/mol. The largest absolute Gasteiger partial charge is 0.490 e. The number of thiol groups is 1. The molecule has 18 heavy (non-hydrogen) atoms. The number of aromatic nitrogens is 1. The van der Waals surface area contributed by atoms with E-state index < -0.39 is 0 Å². The van der Waals surface area contributed by atoms with E-state index in [1.165, 1.54) is 6.42 Å². The lowest BCUT2D eigenvalue weighted by Crippen LogP contribution is -2.25. The Bertz CT molecular complexity index is 408. The highest BCUT2D eigenvalue weighted by Gasteiger charge is 2.19. The van der Waals surface area contributed by atoms with Crippen LogP contribution in [-0.4, -0.2) is 22.7 Å². The van der Waals surface area contributed by atoms with Gasteiger partial charge in [-0.15, -0.1) is 0 Å². The number of hydrogen-bond donors (Lipinski definition) is 2. The third-order valence-corrected chi connectivity index (χ3v) is 3.17. The number of rotatable bonds is 6. The second kappa shape index (κ2) is 6.64. The quantitative estimate of drug-likeness (QED) is 0.774. The maximum Gasteiger partial charge on any atom is 0.221 e. The number of nitrogens with zero attached hydrogens (tertiary/aromatic N) is 1. The van der Waals surface area contributed by atoms with Crippen LogP contribution in [0.15, 0.2) is 18.3 Å². The summed E-state index contributed by atoms with van der Waals surface area (Å²) in [6.07, 6.45) is 6.03. The van der Waals surface area contributed by atoms with Gasteiger partial charge in [-0.25, -0.2) is 0 Å². The molecule has 1 heterocycles. The fourth-order valence-corrected chi connectivity index (χ4v) is 1.89. The van der Waals surface area contributed by atoms with Crippen LogP contribution in [0.4, 0.5) is 0 Å². The molecule has 0 atom stereocenters. The van der Waals surface area contributed by atoms with E-state index in [9.17, 15) is 4.79 Å². The zero-order valence-corrected chi connectivity index (χ0v) is 11.2. The van der Waals surface area contributed by atoms with Crippen LogP contribution >= 0.6 is 12.6 Å². The summed E-state index contributed by atoms with van der Waals surface area (Å²) in [6, 6.07) is 3.75. The SMILES string of the molecule is O=C(CCS)NCc1cc(OC2CCC2)ccn1. The molecule has 1 fully saturated rings. The number of hydrogen-bond acceptors (Lipinski definition) is 4. The molecule has 1 N–H and O–H groups in total. The molecule has 1 saturated carbocycles. The molecule has 0 aliphatic heterocycles. The Hall–Kier alpha value is -1.23. The summed E-state index contributed by atoms with van der Waals surface area (Å²) in [4.78, 5) is 15.5. The molecule has 0 saturated heterocycles. The minimum Gasteiger partial charge on any atom is -0.490 e. The van der Waals surface area contributed by atoms with Gasteiger partial charge in [0.1, 0.15) is 5.75 Å². The fraction of sp³-hybridized carbons (Fsp3) is 0.538. The van der Waals surface area contributed by atoms with Crippen LogP contribution in [-0.2, 0) is 11.3 Å². The van der Waals surface area contributed by atoms with Gasteiger partial charge in [-0.1, -0.05) is 0 Å². The molecule has 1 aliphatic rings. The van der Waals surface area contributed by atoms with Crippen LogP contribution in [0.25, 0.3) is 0 Å². The van der Waals surface area contributed by atoms with Crippen molar-refractivity contribution in [1.82, 2.24) is 10.3 Å². The van der Waals surface area contributed by atoms with Crippen LogP contribution in [0.1, 0.15) is 31.4 Å². The van der Waals surface area contributed by atoms with E-state index in [4.69, 9.17) is 4.74 Å². The van der Waals surface area contributed by atoms with E-state index in [1.54, 1.807) is 6.20 Å². The van der Waals surface area contributed by atoms with Gasteiger partial charge >= 0.3 is 0 Å². The van der Waals surface area contributed by atoms with E-state index in [0.717, 1.165) is 24.3 Å². The normalized spacial score (nSPS) is 14.9. The van der Waals surface area contributed by atoms with Crippen molar-refractivity contribution in [3.8, 4) is 5.75 Å². The van der Waals surface area contributed by atoms with Crippen molar-refractivity contribution in [2.24, 2.45) is 0 Å². The molecule has 0 radical (unpaired) electrons. The number of nitrogens with one attached hydrogen (secondary N) is 1. The number of amides is 1. The minimum atomic E-state index is -0.00267. The standard InChI is InChI=1S/C13H18N2O2S/c16-13(5-7-18)15-9-10-8-12(4-6-14-10)17-11-2-1-3-11/h4,6,8,11,18H,1-3,5,7,9H2,(H,15,16). The van der Waals surface area contributed by atoms with Crippen molar-refractivity contribution in [2.75, 3.05) is 5.75 Å². The molecule has 0 bridgehead atoms. The van der Waals surface area contributed by atoms with Gasteiger partial charge in [-0.2, -0.15) is 12.6 Å². The topological polar surface area (TPSA) is 51.2 Å². The molecular formula is C13H18N2O2S. The number of ether oxygens (including phenoxy) is 1. The van der Waals surface area contributed by atoms with Gasteiger partial charge in [-0.05, 0) is 31.1 Å². The van der Waals surface area contributed by atoms with Crippen LogP contribution < -0.4 is 10.1 Å². The number of carbonyl (C=O) groups excluding carboxylic acids is 1. The predicted molar refractivity (Wildman–Crippen MR) is 72.8 cm³/mol. The lowest BCUT2D eigenvalue weighted by Gasteiger charge is -2.26. The Kier molecular flexibility index (Phi) is 4.87. The maximum absolute atomic E-state index is 11.3. The molecule has 0 unspecified atom stereocenters. The molecule has 1 amide bonds. The first-order valence-corrected chi connectivity index (χ1v) is 6.90. The summed E-state index contributed by atoms with van der Waals surface area (Å²) >= 11 is 4.01. The molecule has 1 aromatic heterocycles. The zero-order valence-electron chi connectivity index (χ0n) is 10.3. The van der Waals surface area contributed by atoms with Gasteiger partial charge in [0.25, 0.3) is 0 Å². The van der Waals surface area contributed by atoms with Crippen molar-refractivity contribution in [3.05, 3.63) is 24.0 Å². The van der Waals surface area contributed by atoms with Crippen LogP contribution in [0.5, 0.6) is 5.75 Å². The Labute approximate surface area is 113 Å². The van der Waals surface area contributed by atoms with Crippen molar-refractivity contribution in [3.63, 3.8) is 0 Å². The van der Waals surface area contributed by atoms with E-state index in [0.29, 0.717) is 24.8 Å². The number of carbonyl (C=O) groups is 1. The average Bonchev–Trinajstić information content (AvgIpc) is 2.32. The second-order valence-electron chi connectivity index (χ2n) is 4.40. The van der Waals surface area contributed by atoms with Crippen LogP contribution in [0.2, 0.25) is 0 Å². The first-order valence-electron chi connectivity index (χ1n) is 6.27. The first-order chi connectivity index (χ1) is 8.78. The molecule has 0 aromatic carbocycles. The number of pyridine rings is 1. The predicted octanol–water partition coefficient (Wildman–Crippen LogP) is 1.95. The van der Waals surface area contributed by atoms with Gasteiger partial charge < -0.3 is 10.1 Å². The van der Waals surface area contributed by atoms with Gasteiger partial charge in [0, 0.05) is 18.7 Å². The average molecular weight is 266 g/mol. The van der Waals surface area contributed by atoms with E-state index in [-0.39, 0.29) is 5.91 Å². The zero-order chi connectivity index (χ0) is 12.8. The highest BCUT2D eigenvalue weighted by atomic mass is 32.1. The Morgan fingerprint density at radius 1 is 1.56 bits per heavy atom. The Morgan fingerprint density at radius 3 is 3.06 bits per heavy atom. The highest BCUT2D eigenvalue weighted by molar-refractivity contribution is 7.80. The molecular weight excluding hydrogens is 248 g/mol. The highest BCUT2D eigenvalue weighted by Crippen LogP contribution is 2.24. The lowest BCUT2D eigenvalue weighted by atomic mass is 9.96. The first kappa shape index (κ1) is 13.2. The van der Waals surface area contributed by atoms with Gasteiger partial charge in [0.15, 0.2) is 0 Å². The van der Waals surface area contributed by atoms with Crippen LogP contribution in [0.3, 0.4) is 0 Å². The molecule has 4 nitrogen and oxygen atoms in total. The third-order valence-electron chi connectivity index (χ3n) is 2.95. The summed E-state index contributed by atoms with van der Waals surface area (Å²) in [6.45, 7) is 0.439. The van der Waals surface area contributed by atoms with Crippen molar-refractivity contribution in [2.45, 2.75) is 38.3 Å². The van der Waals surface area contributed by atoms with E-state index >= 15 is 0 Å². The lowest BCUT2D eigenvalue weighted by molar-refractivity contribution is -0.120. The molecule has 0 spiro atoms. The smallest absolute Gasteiger partial charge is 0.221 e. The summed E-state index contributed by atoms with van der Waals surface area (Å²) in [7, 11) is 0. The molecule has 1 aromatic rings. The molecule has 1 aliphatic carbocycles. The minimum absolute atomic E-state index is 0.00267. The second-order valence-corrected chi connectivity index (χ2v) is 4.85. The molecule has 98 valence electrons. The Balaban J connectivity index is 1.84. The van der Waals surface area contributed by atoms with E-state index in [1.807, 2.05) is 12.1 Å². The maximum atomic E-state index is 11.3. The summed E-state index contributed by atoms with van der Waals surface area (Å²) in [5, 5.41) is 2.80. The summed E-state index contributed by atoms with van der Waals surface area (Å²) < 4.78 is 5.78. The van der Waals surface area contributed by atoms with Crippen molar-refractivity contribution >= 4 is 18.5 Å². The third kappa shape index (κ3) is 3.91. The summed E-state index contributed by atoms with van der Waals surface area (Å²) in [5.74, 6) is 1.40. The summed E-state index contributed by atoms with van der Waals surface area (Å²) in [5.41, 5.74) is 0.819. The van der Waals surface area contributed by atoms with Gasteiger partial charge in [0.2, 0.25) is 5.91 Å².